The Bertz CT molecular complexity index is 707. The van der Waals surface area contributed by atoms with E-state index in [9.17, 15) is 4.79 Å². The highest BCUT2D eigenvalue weighted by atomic mass is 79.9. The van der Waals surface area contributed by atoms with Crippen LogP contribution in [0.25, 0.3) is 0 Å². The van der Waals surface area contributed by atoms with E-state index in [2.05, 4.69) is 11.9 Å². The third-order valence-corrected chi connectivity index (χ3v) is 4.27. The van der Waals surface area contributed by atoms with Gasteiger partial charge in [-0.25, -0.2) is 4.79 Å². The molecule has 0 N–H and O–H groups in total. The number of ether oxygens (including phenoxy) is 1. The maximum Gasteiger partial charge on any atom is 0.363 e. The number of esters is 1. The second kappa shape index (κ2) is 10.7. The maximum absolute atomic E-state index is 13.1. The molecule has 0 unspecified atom stereocenters. The zero-order valence-electron chi connectivity index (χ0n) is 15.0. The van der Waals surface area contributed by atoms with Crippen LogP contribution in [0.3, 0.4) is 0 Å². The van der Waals surface area contributed by atoms with Gasteiger partial charge in [-0.3, -0.25) is 0 Å². The van der Waals surface area contributed by atoms with Crippen LogP contribution in [0.4, 0.5) is 0 Å². The molecule has 0 fully saturated rings. The topological polar surface area (TPSA) is 51.1 Å². The number of likely N-dealkylation sites (N-methyl/N-ethyl adjacent to an activating group) is 1. The van der Waals surface area contributed by atoms with Crippen molar-refractivity contribution in [2.24, 2.45) is 5.16 Å². The second-order valence-electron chi connectivity index (χ2n) is 5.85. The number of hydrogen-bond acceptors (Lipinski definition) is 5. The molecule has 0 aliphatic rings. The summed E-state index contributed by atoms with van der Waals surface area (Å²) in [5.41, 5.74) is -0.568. The summed E-state index contributed by atoms with van der Waals surface area (Å²) in [7, 11) is 3.78. The van der Waals surface area contributed by atoms with Gasteiger partial charge in [0.1, 0.15) is 6.61 Å². The van der Waals surface area contributed by atoms with E-state index >= 15 is 0 Å². The third kappa shape index (κ3) is 5.69. The smallest absolute Gasteiger partial charge is 0.363 e. The van der Waals surface area contributed by atoms with Crippen LogP contribution < -0.4 is 0 Å². The van der Waals surface area contributed by atoms with Gasteiger partial charge in [0.05, 0.1) is 0 Å². The van der Waals surface area contributed by atoms with Gasteiger partial charge in [-0.2, -0.15) is 0 Å². The number of benzene rings is 2. The molecule has 0 amide bonds. The molecule has 0 saturated carbocycles. The summed E-state index contributed by atoms with van der Waals surface area (Å²) in [4.78, 5) is 20.5. The van der Waals surface area contributed by atoms with Crippen molar-refractivity contribution < 1.29 is 14.4 Å². The molecular formula is C19H21BrCl2N2O3. The lowest BCUT2D eigenvalue weighted by molar-refractivity contribution is -0.169. The molecule has 5 nitrogen and oxygen atoms in total. The summed E-state index contributed by atoms with van der Waals surface area (Å²) in [6.45, 7) is 4.16. The molecule has 8 heteroatoms. The summed E-state index contributed by atoms with van der Waals surface area (Å²) in [6, 6.07) is 13.4. The van der Waals surface area contributed by atoms with Gasteiger partial charge in [0.2, 0.25) is 0 Å². The lowest BCUT2D eigenvalue weighted by atomic mass is 9.86. The van der Waals surface area contributed by atoms with Gasteiger partial charge in [0.15, 0.2) is 0 Å². The average Bonchev–Trinajstić information content (AvgIpc) is 2.61. The first-order valence-corrected chi connectivity index (χ1v) is 8.64. The summed E-state index contributed by atoms with van der Waals surface area (Å²) in [5.74, 6) is -0.601. The molecule has 0 bridgehead atoms. The fraction of sp³-hybridized carbons (Fsp3) is 0.263. The van der Waals surface area contributed by atoms with E-state index in [0.717, 1.165) is 0 Å². The van der Waals surface area contributed by atoms with E-state index in [-0.39, 0.29) is 23.6 Å². The first-order chi connectivity index (χ1) is 12.4. The van der Waals surface area contributed by atoms with E-state index in [1.807, 2.05) is 19.0 Å². The van der Waals surface area contributed by atoms with Crippen molar-refractivity contribution in [3.05, 3.63) is 69.7 Å². The van der Waals surface area contributed by atoms with Crippen molar-refractivity contribution >= 4 is 52.9 Å². The normalized spacial score (nSPS) is 10.9. The van der Waals surface area contributed by atoms with E-state index in [1.54, 1.807) is 48.5 Å². The number of oxime groups is 1. The van der Waals surface area contributed by atoms with Gasteiger partial charge in [0.25, 0.3) is 5.60 Å². The van der Waals surface area contributed by atoms with Crippen LogP contribution in [0.1, 0.15) is 11.1 Å². The number of nitrogens with zero attached hydrogens (tertiary/aromatic N) is 2. The van der Waals surface area contributed by atoms with Crippen LogP contribution in [0.2, 0.25) is 10.0 Å². The Balaban J connectivity index is 0.00000364. The fourth-order valence-corrected chi connectivity index (χ4v) is 2.69. The Kier molecular flexibility index (Phi) is 9.26. The maximum atomic E-state index is 13.1. The number of carbonyl (C=O) groups is 1. The number of carbonyl (C=O) groups excluding carboxylic acids is 1. The SMILES string of the molecule is Br.C=NOC(C(=O)OCCN(C)C)(c1ccc(Cl)cc1)c1ccc(Cl)cc1. The van der Waals surface area contributed by atoms with Crippen LogP contribution in [-0.2, 0) is 20.0 Å². The van der Waals surface area contributed by atoms with E-state index in [0.29, 0.717) is 27.7 Å². The molecule has 2 aromatic carbocycles. The second-order valence-corrected chi connectivity index (χ2v) is 6.73. The lowest BCUT2D eigenvalue weighted by Gasteiger charge is -2.30. The molecular weight excluding hydrogens is 455 g/mol. The molecule has 2 rings (SSSR count). The minimum atomic E-state index is -1.61. The van der Waals surface area contributed by atoms with Crippen LogP contribution >= 0.6 is 40.2 Å². The molecule has 0 aliphatic heterocycles. The number of halogens is 3. The minimum absolute atomic E-state index is 0. The van der Waals surface area contributed by atoms with Gasteiger partial charge in [-0.05, 0) is 38.4 Å². The van der Waals surface area contributed by atoms with E-state index < -0.39 is 11.6 Å². The Labute approximate surface area is 179 Å². The summed E-state index contributed by atoms with van der Waals surface area (Å²) in [6.07, 6.45) is 0. The Morgan fingerprint density at radius 2 is 1.48 bits per heavy atom. The van der Waals surface area contributed by atoms with Crippen molar-refractivity contribution in [3.8, 4) is 0 Å². The predicted molar refractivity (Wildman–Crippen MR) is 114 cm³/mol. The lowest BCUT2D eigenvalue weighted by Crippen LogP contribution is -2.41. The van der Waals surface area contributed by atoms with Crippen molar-refractivity contribution in [3.63, 3.8) is 0 Å². The number of rotatable bonds is 8. The van der Waals surface area contributed by atoms with Gasteiger partial charge in [-0.15, -0.1) is 22.1 Å². The van der Waals surface area contributed by atoms with Gasteiger partial charge in [0, 0.05) is 34.4 Å². The molecule has 0 aromatic heterocycles. The molecule has 146 valence electrons. The quantitative estimate of drug-likeness (QED) is 0.319. The average molecular weight is 476 g/mol. The summed E-state index contributed by atoms with van der Waals surface area (Å²) in [5, 5.41) is 4.61. The molecule has 2 aromatic rings. The highest BCUT2D eigenvalue weighted by molar-refractivity contribution is 8.93. The largest absolute Gasteiger partial charge is 0.461 e. The monoisotopic (exact) mass is 474 g/mol. The van der Waals surface area contributed by atoms with Crippen molar-refractivity contribution in [1.29, 1.82) is 0 Å². The summed E-state index contributed by atoms with van der Waals surface area (Å²) >= 11 is 12.0. The Morgan fingerprint density at radius 1 is 1.04 bits per heavy atom. The molecule has 0 aliphatic carbocycles. The van der Waals surface area contributed by atoms with Gasteiger partial charge >= 0.3 is 5.97 Å². The van der Waals surface area contributed by atoms with Crippen LogP contribution in [-0.4, -0.2) is 44.8 Å². The van der Waals surface area contributed by atoms with Crippen LogP contribution in [0.15, 0.2) is 53.7 Å². The molecule has 0 heterocycles. The van der Waals surface area contributed by atoms with Crippen molar-refractivity contribution in [1.82, 2.24) is 4.90 Å². The molecule has 0 saturated heterocycles. The highest BCUT2D eigenvalue weighted by Crippen LogP contribution is 2.36. The van der Waals surface area contributed by atoms with Crippen molar-refractivity contribution in [2.75, 3.05) is 27.2 Å². The standard InChI is InChI=1S/C19H20Cl2N2O3.BrH/c1-22-26-19(14-4-8-16(20)9-5-14,15-6-10-17(21)11-7-15)18(24)25-13-12-23(2)3;/h4-11H,1,12-13H2,2-3H3;1H. The fourth-order valence-electron chi connectivity index (χ4n) is 2.43. The van der Waals surface area contributed by atoms with Crippen molar-refractivity contribution in [2.45, 2.75) is 5.60 Å². The third-order valence-electron chi connectivity index (χ3n) is 3.76. The van der Waals surface area contributed by atoms with Gasteiger partial charge < -0.3 is 14.5 Å². The Morgan fingerprint density at radius 3 is 1.85 bits per heavy atom. The van der Waals surface area contributed by atoms with Gasteiger partial charge in [-0.1, -0.05) is 47.5 Å². The zero-order valence-corrected chi connectivity index (χ0v) is 18.2. The predicted octanol–water partition coefficient (Wildman–Crippen LogP) is 4.55. The first kappa shape index (κ1) is 23.4. The minimum Gasteiger partial charge on any atom is -0.461 e. The molecule has 0 spiro atoms. The Hall–Kier alpha value is -1.60. The first-order valence-electron chi connectivity index (χ1n) is 7.88. The molecule has 0 atom stereocenters. The summed E-state index contributed by atoms with van der Waals surface area (Å²) < 4.78 is 5.48. The zero-order chi connectivity index (χ0) is 19.2. The van der Waals surface area contributed by atoms with E-state index in [1.165, 1.54) is 0 Å². The molecule has 0 radical (unpaired) electrons. The van der Waals surface area contributed by atoms with E-state index in [4.69, 9.17) is 32.8 Å². The van der Waals surface area contributed by atoms with Crippen LogP contribution in [0, 0.1) is 0 Å². The van der Waals surface area contributed by atoms with Crippen LogP contribution in [0.5, 0.6) is 0 Å². The molecule has 27 heavy (non-hydrogen) atoms. The number of hydrogen-bond donors (Lipinski definition) is 0. The highest BCUT2D eigenvalue weighted by Gasteiger charge is 2.47.